The summed E-state index contributed by atoms with van der Waals surface area (Å²) in [6.07, 6.45) is 4.68. The second kappa shape index (κ2) is 8.85. The molecule has 0 radical (unpaired) electrons. The number of guanidine groups is 1. The van der Waals surface area contributed by atoms with Crippen LogP contribution in [-0.4, -0.2) is 41.6 Å². The third-order valence-corrected chi connectivity index (χ3v) is 4.60. The number of anilines is 1. The van der Waals surface area contributed by atoms with Gasteiger partial charge in [0, 0.05) is 43.8 Å². The van der Waals surface area contributed by atoms with Gasteiger partial charge in [0.1, 0.15) is 5.82 Å². The third kappa shape index (κ3) is 4.85. The Kier molecular flexibility index (Phi) is 6.28. The molecule has 7 heteroatoms. The summed E-state index contributed by atoms with van der Waals surface area (Å²) in [5.41, 5.74) is 2.11. The first-order valence-corrected chi connectivity index (χ1v) is 9.35. The predicted octanol–water partition coefficient (Wildman–Crippen LogP) is 2.77. The van der Waals surface area contributed by atoms with Crippen LogP contribution in [0.4, 0.5) is 5.82 Å². The van der Waals surface area contributed by atoms with Gasteiger partial charge in [-0.3, -0.25) is 4.98 Å². The molecule has 1 aliphatic rings. The van der Waals surface area contributed by atoms with Gasteiger partial charge in [-0.15, -0.1) is 0 Å². The van der Waals surface area contributed by atoms with Crippen molar-refractivity contribution < 1.29 is 0 Å². The number of nitrogens with zero attached hydrogens (tertiary/aromatic N) is 4. The van der Waals surface area contributed by atoms with Crippen LogP contribution in [0.15, 0.2) is 41.7 Å². The minimum atomic E-state index is 0.307. The lowest BCUT2D eigenvalue weighted by atomic mass is 10.2. The summed E-state index contributed by atoms with van der Waals surface area (Å²) >= 11 is 6.27. The summed E-state index contributed by atoms with van der Waals surface area (Å²) in [6, 6.07) is 8.12. The van der Waals surface area contributed by atoms with E-state index in [1.165, 1.54) is 0 Å². The van der Waals surface area contributed by atoms with Crippen molar-refractivity contribution in [1.29, 1.82) is 0 Å². The largest absolute Gasteiger partial charge is 0.357 e. The highest BCUT2D eigenvalue weighted by molar-refractivity contribution is 6.32. The highest BCUT2D eigenvalue weighted by Gasteiger charge is 2.25. The number of hydrogen-bond acceptors (Lipinski definition) is 4. The molecule has 1 fully saturated rings. The van der Waals surface area contributed by atoms with Crippen LogP contribution >= 0.6 is 11.6 Å². The van der Waals surface area contributed by atoms with Gasteiger partial charge in [0.2, 0.25) is 0 Å². The highest BCUT2D eigenvalue weighted by atomic mass is 35.5. The summed E-state index contributed by atoms with van der Waals surface area (Å²) < 4.78 is 0. The van der Waals surface area contributed by atoms with Crippen molar-refractivity contribution in [2.24, 2.45) is 4.99 Å². The van der Waals surface area contributed by atoms with Gasteiger partial charge in [-0.05, 0) is 44.0 Å². The van der Waals surface area contributed by atoms with Crippen molar-refractivity contribution in [3.8, 4) is 0 Å². The maximum absolute atomic E-state index is 6.27. The first kappa shape index (κ1) is 18.5. The Hall–Kier alpha value is -2.34. The molecule has 2 aromatic rings. The normalized spacial score (nSPS) is 17.4. The average molecular weight is 373 g/mol. The Morgan fingerprint density at radius 3 is 2.96 bits per heavy atom. The second-order valence-corrected chi connectivity index (χ2v) is 6.79. The van der Waals surface area contributed by atoms with E-state index in [4.69, 9.17) is 11.6 Å². The molecule has 0 bridgehead atoms. The molecule has 0 spiro atoms. The van der Waals surface area contributed by atoms with E-state index in [9.17, 15) is 0 Å². The van der Waals surface area contributed by atoms with Gasteiger partial charge < -0.3 is 15.5 Å². The monoisotopic (exact) mass is 372 g/mol. The Morgan fingerprint density at radius 1 is 1.35 bits per heavy atom. The number of pyridine rings is 2. The number of aliphatic imine (C=N–C) groups is 1. The van der Waals surface area contributed by atoms with Crippen LogP contribution in [0.5, 0.6) is 0 Å². The molecule has 138 valence electrons. The molecular formula is C19H25ClN6. The first-order chi connectivity index (χ1) is 12.7. The van der Waals surface area contributed by atoms with Crippen LogP contribution in [0, 0.1) is 6.92 Å². The van der Waals surface area contributed by atoms with E-state index in [2.05, 4.69) is 43.5 Å². The molecule has 0 aromatic carbocycles. The molecule has 3 heterocycles. The van der Waals surface area contributed by atoms with E-state index in [0.29, 0.717) is 17.6 Å². The van der Waals surface area contributed by atoms with Gasteiger partial charge in [0.15, 0.2) is 5.96 Å². The van der Waals surface area contributed by atoms with E-state index in [1.807, 2.05) is 31.3 Å². The lowest BCUT2D eigenvalue weighted by Crippen LogP contribution is -2.44. The van der Waals surface area contributed by atoms with Crippen molar-refractivity contribution in [3.05, 3.63) is 52.9 Å². The van der Waals surface area contributed by atoms with Crippen LogP contribution < -0.4 is 15.5 Å². The fourth-order valence-corrected chi connectivity index (χ4v) is 3.20. The Balaban J connectivity index is 1.60. The molecule has 1 unspecified atom stereocenters. The Bertz CT molecular complexity index is 746. The molecule has 1 atom stereocenters. The van der Waals surface area contributed by atoms with Gasteiger partial charge in [0.25, 0.3) is 0 Å². The summed E-state index contributed by atoms with van der Waals surface area (Å²) in [7, 11) is 0. The fraction of sp³-hybridized carbons (Fsp3) is 0.421. The molecule has 2 aromatic heterocycles. The summed E-state index contributed by atoms with van der Waals surface area (Å²) in [5.74, 6) is 1.68. The van der Waals surface area contributed by atoms with Crippen LogP contribution in [0.2, 0.25) is 5.02 Å². The van der Waals surface area contributed by atoms with Crippen molar-refractivity contribution in [2.75, 3.05) is 24.5 Å². The maximum atomic E-state index is 6.27. The highest BCUT2D eigenvalue weighted by Crippen LogP contribution is 2.25. The predicted molar refractivity (Wildman–Crippen MR) is 107 cm³/mol. The minimum absolute atomic E-state index is 0.307. The fourth-order valence-electron chi connectivity index (χ4n) is 2.96. The topological polar surface area (TPSA) is 65.4 Å². The molecule has 0 amide bonds. The number of hydrogen-bond donors (Lipinski definition) is 2. The number of nitrogens with one attached hydrogen (secondary N) is 2. The maximum Gasteiger partial charge on any atom is 0.191 e. The van der Waals surface area contributed by atoms with E-state index >= 15 is 0 Å². The summed E-state index contributed by atoms with van der Waals surface area (Å²) in [4.78, 5) is 15.6. The number of aryl methyl sites for hydroxylation is 1. The van der Waals surface area contributed by atoms with Crippen molar-refractivity contribution >= 4 is 23.4 Å². The lowest BCUT2D eigenvalue weighted by Gasteiger charge is -2.20. The first-order valence-electron chi connectivity index (χ1n) is 8.97. The zero-order valence-electron chi connectivity index (χ0n) is 15.2. The summed E-state index contributed by atoms with van der Waals surface area (Å²) in [6.45, 7) is 7.26. The average Bonchev–Trinajstić information content (AvgIpc) is 3.10. The molecule has 2 N–H and O–H groups in total. The second-order valence-electron chi connectivity index (χ2n) is 6.39. The molecule has 3 rings (SSSR count). The van der Waals surface area contributed by atoms with Gasteiger partial charge in [-0.1, -0.05) is 17.7 Å². The van der Waals surface area contributed by atoms with Crippen LogP contribution in [-0.2, 0) is 6.54 Å². The summed E-state index contributed by atoms with van der Waals surface area (Å²) in [5, 5.41) is 7.53. The zero-order chi connectivity index (χ0) is 18.4. The van der Waals surface area contributed by atoms with Crippen LogP contribution in [0.1, 0.15) is 24.6 Å². The van der Waals surface area contributed by atoms with Gasteiger partial charge in [0.05, 0.1) is 11.6 Å². The molecule has 1 saturated heterocycles. The molecule has 6 nitrogen and oxygen atoms in total. The zero-order valence-corrected chi connectivity index (χ0v) is 16.0. The van der Waals surface area contributed by atoms with E-state index in [1.54, 1.807) is 6.20 Å². The molecule has 1 aliphatic heterocycles. The van der Waals surface area contributed by atoms with Crippen molar-refractivity contribution in [3.63, 3.8) is 0 Å². The molecular weight excluding hydrogens is 348 g/mol. The lowest BCUT2D eigenvalue weighted by molar-refractivity contribution is 0.648. The number of rotatable bonds is 5. The standard InChI is InChI=1S/C19H25ClN6/c1-3-21-19(24-12-15-7-6-14(2)23-11-15)25-16-8-10-26(13-16)18-17(20)5-4-9-22-18/h4-7,9,11,16H,3,8,10,12-13H2,1-2H3,(H2,21,24,25). The SMILES string of the molecule is CCNC(=NCc1ccc(C)nc1)NC1CCN(c2ncccc2Cl)C1. The van der Waals surface area contributed by atoms with Crippen LogP contribution in [0.25, 0.3) is 0 Å². The molecule has 0 saturated carbocycles. The van der Waals surface area contributed by atoms with Gasteiger partial charge >= 0.3 is 0 Å². The minimum Gasteiger partial charge on any atom is -0.357 e. The van der Waals surface area contributed by atoms with Crippen molar-refractivity contribution in [1.82, 2.24) is 20.6 Å². The quantitative estimate of drug-likeness (QED) is 0.624. The third-order valence-electron chi connectivity index (χ3n) is 4.30. The number of halogens is 1. The van der Waals surface area contributed by atoms with Gasteiger partial charge in [-0.25, -0.2) is 9.98 Å². The van der Waals surface area contributed by atoms with Crippen molar-refractivity contribution in [2.45, 2.75) is 32.9 Å². The van der Waals surface area contributed by atoms with E-state index < -0.39 is 0 Å². The van der Waals surface area contributed by atoms with Crippen LogP contribution in [0.3, 0.4) is 0 Å². The Labute approximate surface area is 159 Å². The Morgan fingerprint density at radius 2 is 2.23 bits per heavy atom. The van der Waals surface area contributed by atoms with E-state index in [0.717, 1.165) is 49.1 Å². The molecule has 0 aliphatic carbocycles. The van der Waals surface area contributed by atoms with E-state index in [-0.39, 0.29) is 0 Å². The van der Waals surface area contributed by atoms with Gasteiger partial charge in [-0.2, -0.15) is 0 Å². The molecule has 26 heavy (non-hydrogen) atoms. The smallest absolute Gasteiger partial charge is 0.191 e. The number of aromatic nitrogens is 2.